The molecule has 0 aromatic heterocycles. The van der Waals surface area contributed by atoms with Crippen LogP contribution in [0.2, 0.25) is 10.0 Å². The van der Waals surface area contributed by atoms with E-state index in [9.17, 15) is 5.11 Å². The molecule has 0 amide bonds. The third kappa shape index (κ3) is 2.95. The summed E-state index contributed by atoms with van der Waals surface area (Å²) in [6.07, 6.45) is 3.40. The Morgan fingerprint density at radius 3 is 2.56 bits per heavy atom. The van der Waals surface area contributed by atoms with Crippen LogP contribution < -0.4 is 5.73 Å². The van der Waals surface area contributed by atoms with E-state index in [1.807, 2.05) is 0 Å². The molecule has 0 spiro atoms. The maximum atomic E-state index is 9.79. The number of phenols is 1. The minimum absolute atomic E-state index is 0. The van der Waals surface area contributed by atoms with Gasteiger partial charge in [-0.2, -0.15) is 0 Å². The molecule has 0 unspecified atom stereocenters. The fraction of sp³-hybridized carbons (Fsp3) is 0.455. The summed E-state index contributed by atoms with van der Waals surface area (Å²) in [5.74, 6) is 0.742. The Morgan fingerprint density at radius 2 is 2.00 bits per heavy atom. The summed E-state index contributed by atoms with van der Waals surface area (Å²) in [7, 11) is 0. The summed E-state index contributed by atoms with van der Waals surface area (Å²) >= 11 is 11.6. The first-order valence-corrected chi connectivity index (χ1v) is 5.77. The van der Waals surface area contributed by atoms with Crippen LogP contribution in [0.5, 0.6) is 5.75 Å². The summed E-state index contributed by atoms with van der Waals surface area (Å²) in [6.45, 7) is 0. The minimum Gasteiger partial charge on any atom is -0.506 e. The van der Waals surface area contributed by atoms with E-state index >= 15 is 0 Å². The molecule has 90 valence electrons. The molecule has 1 saturated carbocycles. The Morgan fingerprint density at radius 1 is 1.38 bits per heavy atom. The minimum atomic E-state index is -0.146. The van der Waals surface area contributed by atoms with Crippen molar-refractivity contribution in [1.29, 1.82) is 0 Å². The predicted molar refractivity (Wildman–Crippen MR) is 69.6 cm³/mol. The van der Waals surface area contributed by atoms with E-state index in [1.165, 1.54) is 12.8 Å². The first-order chi connectivity index (χ1) is 7.09. The second kappa shape index (κ2) is 5.46. The van der Waals surface area contributed by atoms with E-state index in [1.54, 1.807) is 12.1 Å². The van der Waals surface area contributed by atoms with Crippen LogP contribution in [0.3, 0.4) is 0 Å². The number of halogens is 3. The Kier molecular flexibility index (Phi) is 4.74. The third-order valence-electron chi connectivity index (χ3n) is 2.78. The lowest BCUT2D eigenvalue weighted by molar-refractivity contribution is 0.456. The van der Waals surface area contributed by atoms with Gasteiger partial charge < -0.3 is 10.8 Å². The standard InChI is InChI=1S/C11H13Cl2NO.ClH/c12-8-4-3-7(11(15)10(8)13)9(14)5-6-1-2-6;/h3-4,6,9,15H,1-2,5,14H2;1H/t9-;/m1./s1. The van der Waals surface area contributed by atoms with Crippen molar-refractivity contribution in [2.24, 2.45) is 11.7 Å². The van der Waals surface area contributed by atoms with Crippen molar-refractivity contribution in [3.63, 3.8) is 0 Å². The number of hydrogen-bond donors (Lipinski definition) is 2. The fourth-order valence-electron chi connectivity index (χ4n) is 1.69. The molecule has 1 fully saturated rings. The normalized spacial score (nSPS) is 16.7. The zero-order chi connectivity index (χ0) is 11.0. The number of nitrogens with two attached hydrogens (primary N) is 1. The average Bonchev–Trinajstić information content (AvgIpc) is 2.98. The molecule has 2 nitrogen and oxygen atoms in total. The molecule has 5 heteroatoms. The molecule has 1 aliphatic rings. The van der Waals surface area contributed by atoms with Crippen molar-refractivity contribution in [1.82, 2.24) is 0 Å². The highest BCUT2D eigenvalue weighted by molar-refractivity contribution is 6.43. The van der Waals surface area contributed by atoms with E-state index in [2.05, 4.69) is 0 Å². The maximum Gasteiger partial charge on any atom is 0.140 e. The van der Waals surface area contributed by atoms with E-state index in [-0.39, 0.29) is 29.2 Å². The van der Waals surface area contributed by atoms with Gasteiger partial charge in [-0.3, -0.25) is 0 Å². The summed E-state index contributed by atoms with van der Waals surface area (Å²) in [5, 5.41) is 10.3. The molecule has 0 radical (unpaired) electrons. The van der Waals surface area contributed by atoms with Crippen LogP contribution in [0.25, 0.3) is 0 Å². The van der Waals surface area contributed by atoms with Crippen LogP contribution in [-0.2, 0) is 0 Å². The van der Waals surface area contributed by atoms with Gasteiger partial charge in [0.1, 0.15) is 10.8 Å². The highest BCUT2D eigenvalue weighted by atomic mass is 35.5. The van der Waals surface area contributed by atoms with Gasteiger partial charge >= 0.3 is 0 Å². The van der Waals surface area contributed by atoms with Crippen molar-refractivity contribution < 1.29 is 5.11 Å². The van der Waals surface area contributed by atoms with Gasteiger partial charge in [-0.15, -0.1) is 12.4 Å². The zero-order valence-electron chi connectivity index (χ0n) is 8.62. The summed E-state index contributed by atoms with van der Waals surface area (Å²) in [6, 6.07) is 3.27. The molecule has 0 bridgehead atoms. The molecule has 0 saturated heterocycles. The lowest BCUT2D eigenvalue weighted by Gasteiger charge is -2.14. The first-order valence-electron chi connectivity index (χ1n) is 5.02. The Labute approximate surface area is 111 Å². The Balaban J connectivity index is 0.00000128. The smallest absolute Gasteiger partial charge is 0.140 e. The number of hydrogen-bond acceptors (Lipinski definition) is 2. The summed E-state index contributed by atoms with van der Waals surface area (Å²) in [5.41, 5.74) is 6.69. The highest BCUT2D eigenvalue weighted by Gasteiger charge is 2.26. The van der Waals surface area contributed by atoms with Gasteiger partial charge in [-0.05, 0) is 18.4 Å². The second-order valence-electron chi connectivity index (χ2n) is 4.08. The topological polar surface area (TPSA) is 46.2 Å². The molecule has 3 N–H and O–H groups in total. The Bertz CT molecular complexity index is 380. The summed E-state index contributed by atoms with van der Waals surface area (Å²) in [4.78, 5) is 0. The quantitative estimate of drug-likeness (QED) is 0.882. The van der Waals surface area contributed by atoms with Crippen LogP contribution in [0.15, 0.2) is 12.1 Å². The molecule has 0 aliphatic heterocycles. The molecule has 1 aliphatic carbocycles. The number of phenolic OH excluding ortho intramolecular Hbond substituents is 1. The van der Waals surface area contributed by atoms with Gasteiger partial charge in [0.05, 0.1) is 5.02 Å². The van der Waals surface area contributed by atoms with Gasteiger partial charge in [0.15, 0.2) is 0 Å². The molecular formula is C11H14Cl3NO. The van der Waals surface area contributed by atoms with Gasteiger partial charge in [0, 0.05) is 11.6 Å². The monoisotopic (exact) mass is 281 g/mol. The number of aromatic hydroxyl groups is 1. The molecule has 1 aromatic rings. The van der Waals surface area contributed by atoms with Crippen LogP contribution in [0.4, 0.5) is 0 Å². The largest absolute Gasteiger partial charge is 0.506 e. The van der Waals surface area contributed by atoms with Crippen LogP contribution in [0, 0.1) is 5.92 Å². The van der Waals surface area contributed by atoms with E-state index < -0.39 is 0 Å². The molecule has 16 heavy (non-hydrogen) atoms. The predicted octanol–water partition coefficient (Wildman–Crippen LogP) is 3.92. The zero-order valence-corrected chi connectivity index (χ0v) is 10.9. The molecule has 1 atom stereocenters. The molecule has 0 heterocycles. The number of rotatable bonds is 3. The van der Waals surface area contributed by atoms with Crippen molar-refractivity contribution in [2.75, 3.05) is 0 Å². The third-order valence-corrected chi connectivity index (χ3v) is 3.58. The molecule has 1 aromatic carbocycles. The van der Waals surface area contributed by atoms with Crippen molar-refractivity contribution >= 4 is 35.6 Å². The van der Waals surface area contributed by atoms with Crippen LogP contribution >= 0.6 is 35.6 Å². The highest BCUT2D eigenvalue weighted by Crippen LogP contribution is 2.41. The van der Waals surface area contributed by atoms with Crippen molar-refractivity contribution in [2.45, 2.75) is 25.3 Å². The van der Waals surface area contributed by atoms with Gasteiger partial charge in [-0.25, -0.2) is 0 Å². The Hall–Kier alpha value is -0.150. The lowest BCUT2D eigenvalue weighted by Crippen LogP contribution is -2.11. The maximum absolute atomic E-state index is 9.79. The van der Waals surface area contributed by atoms with Crippen molar-refractivity contribution in [3.05, 3.63) is 27.7 Å². The van der Waals surface area contributed by atoms with Crippen LogP contribution in [0.1, 0.15) is 30.9 Å². The van der Waals surface area contributed by atoms with Crippen LogP contribution in [-0.4, -0.2) is 5.11 Å². The number of benzene rings is 1. The molecular weight excluding hydrogens is 268 g/mol. The van der Waals surface area contributed by atoms with Gasteiger partial charge in [0.2, 0.25) is 0 Å². The molecule has 2 rings (SSSR count). The van der Waals surface area contributed by atoms with Gasteiger partial charge in [0.25, 0.3) is 0 Å². The average molecular weight is 283 g/mol. The fourth-order valence-corrected chi connectivity index (χ4v) is 2.02. The lowest BCUT2D eigenvalue weighted by atomic mass is 10.0. The first kappa shape index (κ1) is 13.9. The van der Waals surface area contributed by atoms with Gasteiger partial charge in [-0.1, -0.05) is 42.1 Å². The summed E-state index contributed by atoms with van der Waals surface area (Å²) < 4.78 is 0. The van der Waals surface area contributed by atoms with E-state index in [0.29, 0.717) is 16.5 Å². The second-order valence-corrected chi connectivity index (χ2v) is 4.87. The SMILES string of the molecule is Cl.N[C@H](CC1CC1)c1ccc(Cl)c(Cl)c1O. The van der Waals surface area contributed by atoms with E-state index in [0.717, 1.165) is 6.42 Å². The van der Waals surface area contributed by atoms with E-state index in [4.69, 9.17) is 28.9 Å². The van der Waals surface area contributed by atoms with Crippen molar-refractivity contribution in [3.8, 4) is 5.75 Å².